The zero-order valence-corrected chi connectivity index (χ0v) is 4.13. The molecule has 0 saturated carbocycles. The van der Waals surface area contributed by atoms with Crippen molar-refractivity contribution in [1.29, 1.82) is 0 Å². The SMILES string of the molecule is NCC(N)CON. The molecule has 0 aromatic heterocycles. The topological polar surface area (TPSA) is 87.3 Å². The van der Waals surface area contributed by atoms with Crippen molar-refractivity contribution in [2.45, 2.75) is 6.04 Å². The van der Waals surface area contributed by atoms with E-state index in [0.29, 0.717) is 13.2 Å². The molecule has 7 heavy (non-hydrogen) atoms. The summed E-state index contributed by atoms with van der Waals surface area (Å²) in [5.41, 5.74) is 10.4. The van der Waals surface area contributed by atoms with E-state index in [1.165, 1.54) is 0 Å². The molecule has 0 saturated heterocycles. The minimum atomic E-state index is -0.120. The lowest BCUT2D eigenvalue weighted by Gasteiger charge is -2.03. The molecule has 0 aromatic rings. The van der Waals surface area contributed by atoms with E-state index in [0.717, 1.165) is 0 Å². The highest BCUT2D eigenvalue weighted by atomic mass is 16.6. The molecular weight excluding hydrogens is 94.1 g/mol. The first-order chi connectivity index (χ1) is 3.31. The molecule has 0 heterocycles. The number of hydrogen-bond donors (Lipinski definition) is 3. The van der Waals surface area contributed by atoms with Crippen LogP contribution in [0.1, 0.15) is 0 Å². The van der Waals surface area contributed by atoms with Crippen molar-refractivity contribution in [3.8, 4) is 0 Å². The third kappa shape index (κ3) is 3.68. The Morgan fingerprint density at radius 3 is 2.29 bits per heavy atom. The molecule has 0 spiro atoms. The van der Waals surface area contributed by atoms with Crippen LogP contribution in [0.4, 0.5) is 0 Å². The Labute approximate surface area is 42.6 Å². The van der Waals surface area contributed by atoms with Crippen LogP contribution in [-0.2, 0) is 4.84 Å². The molecule has 0 rings (SSSR count). The highest BCUT2D eigenvalue weighted by Crippen LogP contribution is 1.69. The van der Waals surface area contributed by atoms with Crippen molar-refractivity contribution in [1.82, 2.24) is 0 Å². The maximum Gasteiger partial charge on any atom is 0.0842 e. The van der Waals surface area contributed by atoms with Gasteiger partial charge < -0.3 is 16.3 Å². The van der Waals surface area contributed by atoms with Gasteiger partial charge in [-0.05, 0) is 0 Å². The van der Waals surface area contributed by atoms with Gasteiger partial charge in [-0.1, -0.05) is 0 Å². The maximum absolute atomic E-state index is 5.25. The molecule has 0 aliphatic heterocycles. The van der Waals surface area contributed by atoms with Crippen LogP contribution in [0, 0.1) is 0 Å². The lowest BCUT2D eigenvalue weighted by Crippen LogP contribution is -2.35. The lowest BCUT2D eigenvalue weighted by molar-refractivity contribution is 0.125. The summed E-state index contributed by atoms with van der Waals surface area (Å²) in [6.07, 6.45) is 0. The van der Waals surface area contributed by atoms with Gasteiger partial charge in [0.05, 0.1) is 6.61 Å². The summed E-state index contributed by atoms with van der Waals surface area (Å²) in [5, 5.41) is 0. The fourth-order valence-corrected chi connectivity index (χ4v) is 0.192. The Kier molecular flexibility index (Phi) is 3.92. The van der Waals surface area contributed by atoms with Gasteiger partial charge in [-0.25, -0.2) is 5.90 Å². The average molecular weight is 105 g/mol. The van der Waals surface area contributed by atoms with Crippen LogP contribution in [0.15, 0.2) is 0 Å². The number of rotatable bonds is 3. The second-order valence-electron chi connectivity index (χ2n) is 1.33. The first-order valence-electron chi connectivity index (χ1n) is 2.08. The number of hydrogen-bond acceptors (Lipinski definition) is 4. The summed E-state index contributed by atoms with van der Waals surface area (Å²) in [6.45, 7) is 0.744. The Morgan fingerprint density at radius 2 is 2.14 bits per heavy atom. The van der Waals surface area contributed by atoms with E-state index in [-0.39, 0.29) is 6.04 Å². The molecule has 0 bridgehead atoms. The average Bonchev–Trinajstić information content (AvgIpc) is 1.68. The fourth-order valence-electron chi connectivity index (χ4n) is 0.192. The van der Waals surface area contributed by atoms with Crippen molar-refractivity contribution in [3.05, 3.63) is 0 Å². The van der Waals surface area contributed by atoms with Crippen molar-refractivity contribution in [3.63, 3.8) is 0 Å². The second-order valence-corrected chi connectivity index (χ2v) is 1.33. The normalized spacial score (nSPS) is 14.1. The smallest absolute Gasteiger partial charge is 0.0842 e. The van der Waals surface area contributed by atoms with Gasteiger partial charge in [-0.2, -0.15) is 0 Å². The molecular formula is C3H11N3O. The summed E-state index contributed by atoms with van der Waals surface area (Å²) >= 11 is 0. The molecule has 0 radical (unpaired) electrons. The minimum Gasteiger partial charge on any atom is -0.329 e. The van der Waals surface area contributed by atoms with E-state index >= 15 is 0 Å². The van der Waals surface area contributed by atoms with E-state index < -0.39 is 0 Å². The predicted octanol–water partition coefficient (Wildman–Crippen LogP) is -1.84. The zero-order chi connectivity index (χ0) is 5.70. The van der Waals surface area contributed by atoms with E-state index in [1.807, 2.05) is 0 Å². The molecule has 0 amide bonds. The molecule has 6 N–H and O–H groups in total. The predicted molar refractivity (Wildman–Crippen MR) is 27.2 cm³/mol. The largest absolute Gasteiger partial charge is 0.329 e. The quantitative estimate of drug-likeness (QED) is 0.368. The van der Waals surface area contributed by atoms with Crippen molar-refractivity contribution < 1.29 is 4.84 Å². The van der Waals surface area contributed by atoms with Crippen LogP contribution in [0.5, 0.6) is 0 Å². The van der Waals surface area contributed by atoms with Gasteiger partial charge in [-0.15, -0.1) is 0 Å². The first-order valence-corrected chi connectivity index (χ1v) is 2.08. The van der Waals surface area contributed by atoms with E-state index in [1.54, 1.807) is 0 Å². The molecule has 44 valence electrons. The monoisotopic (exact) mass is 105 g/mol. The number of nitrogens with two attached hydrogens (primary N) is 3. The van der Waals surface area contributed by atoms with Crippen molar-refractivity contribution >= 4 is 0 Å². The van der Waals surface area contributed by atoms with E-state index in [4.69, 9.17) is 11.5 Å². The van der Waals surface area contributed by atoms with Crippen molar-refractivity contribution in [2.75, 3.05) is 13.2 Å². The summed E-state index contributed by atoms with van der Waals surface area (Å²) in [6, 6.07) is -0.120. The summed E-state index contributed by atoms with van der Waals surface area (Å²) in [7, 11) is 0. The zero-order valence-electron chi connectivity index (χ0n) is 4.13. The summed E-state index contributed by atoms with van der Waals surface area (Å²) in [4.78, 5) is 4.19. The van der Waals surface area contributed by atoms with Crippen LogP contribution in [0.3, 0.4) is 0 Å². The van der Waals surface area contributed by atoms with Gasteiger partial charge >= 0.3 is 0 Å². The van der Waals surface area contributed by atoms with Gasteiger partial charge in [0, 0.05) is 12.6 Å². The van der Waals surface area contributed by atoms with Gasteiger partial charge in [0.25, 0.3) is 0 Å². The fraction of sp³-hybridized carbons (Fsp3) is 1.00. The second kappa shape index (κ2) is 4.01. The Hall–Kier alpha value is -0.160. The van der Waals surface area contributed by atoms with Crippen molar-refractivity contribution in [2.24, 2.45) is 17.4 Å². The van der Waals surface area contributed by atoms with Gasteiger partial charge in [-0.3, -0.25) is 0 Å². The molecule has 0 aromatic carbocycles. The molecule has 0 aliphatic carbocycles. The van der Waals surface area contributed by atoms with Crippen LogP contribution in [-0.4, -0.2) is 19.2 Å². The van der Waals surface area contributed by atoms with Crippen LogP contribution in [0.25, 0.3) is 0 Å². The first kappa shape index (κ1) is 6.84. The molecule has 4 heteroatoms. The van der Waals surface area contributed by atoms with Gasteiger partial charge in [0.2, 0.25) is 0 Å². The standard InChI is InChI=1S/C3H11N3O/c4-1-3(5)2-7-6/h3H,1-2,4-6H2. The Balaban J connectivity index is 2.83. The van der Waals surface area contributed by atoms with Crippen LogP contribution < -0.4 is 17.4 Å². The molecule has 0 fully saturated rings. The molecule has 1 atom stereocenters. The third-order valence-electron chi connectivity index (χ3n) is 0.613. The molecule has 0 aliphatic rings. The maximum atomic E-state index is 5.25. The highest BCUT2D eigenvalue weighted by Gasteiger charge is 1.94. The molecule has 4 nitrogen and oxygen atoms in total. The Bertz CT molecular complexity index is 41.2. The van der Waals surface area contributed by atoms with E-state index in [2.05, 4.69) is 10.7 Å². The minimum absolute atomic E-state index is 0.120. The van der Waals surface area contributed by atoms with Crippen LogP contribution >= 0.6 is 0 Å². The third-order valence-corrected chi connectivity index (χ3v) is 0.613. The lowest BCUT2D eigenvalue weighted by atomic mass is 10.3. The molecule has 1 unspecified atom stereocenters. The summed E-state index contributed by atoms with van der Waals surface area (Å²) < 4.78 is 0. The van der Waals surface area contributed by atoms with Gasteiger partial charge in [0.15, 0.2) is 0 Å². The summed E-state index contributed by atoms with van der Waals surface area (Å²) in [5.74, 6) is 4.67. The highest BCUT2D eigenvalue weighted by molar-refractivity contribution is 4.57. The van der Waals surface area contributed by atoms with Gasteiger partial charge in [0.1, 0.15) is 0 Å². The van der Waals surface area contributed by atoms with E-state index in [9.17, 15) is 0 Å². The Morgan fingerprint density at radius 1 is 1.57 bits per heavy atom. The van der Waals surface area contributed by atoms with Crippen LogP contribution in [0.2, 0.25) is 0 Å².